The lowest BCUT2D eigenvalue weighted by atomic mass is 10.1. The van der Waals surface area contributed by atoms with Gasteiger partial charge < -0.3 is 10.2 Å². The highest BCUT2D eigenvalue weighted by atomic mass is 127. The molecule has 0 aromatic heterocycles. The van der Waals surface area contributed by atoms with Crippen molar-refractivity contribution < 1.29 is 22.9 Å². The summed E-state index contributed by atoms with van der Waals surface area (Å²) in [4.78, 5) is 21.8. The highest BCUT2D eigenvalue weighted by molar-refractivity contribution is 14.2. The summed E-state index contributed by atoms with van der Waals surface area (Å²) in [6.45, 7) is 0. The van der Waals surface area contributed by atoms with Crippen LogP contribution < -0.4 is 0 Å². The van der Waals surface area contributed by atoms with Crippen LogP contribution in [-0.2, 0) is 3.07 Å². The van der Waals surface area contributed by atoms with Gasteiger partial charge in [-0.3, -0.25) is 3.07 Å². The van der Waals surface area contributed by atoms with E-state index in [0.29, 0.717) is 3.57 Å². The molecule has 1 aromatic rings. The molecule has 0 unspecified atom stereocenters. The summed E-state index contributed by atoms with van der Waals surface area (Å²) in [6.07, 6.45) is 0. The van der Waals surface area contributed by atoms with E-state index in [1.807, 2.05) is 0 Å². The van der Waals surface area contributed by atoms with Gasteiger partial charge in [-0.25, -0.2) is 9.59 Å². The van der Waals surface area contributed by atoms with E-state index in [1.165, 1.54) is 6.07 Å². The quantitative estimate of drug-likeness (QED) is 0.439. The summed E-state index contributed by atoms with van der Waals surface area (Å²) in [7, 11) is 0. The zero-order valence-corrected chi connectivity index (χ0v) is 13.8. The number of hydrogen-bond donors (Lipinski definition) is 2. The third-order valence-electron chi connectivity index (χ3n) is 1.68. The Hall–Kier alpha value is 0.150. The zero-order valence-electron chi connectivity index (χ0n) is 7.33. The Balaban J connectivity index is 3.69. The Labute approximate surface area is 128 Å². The number of carboxylic acid groups (broad SMARTS) is 2. The molecule has 0 aliphatic rings. The third kappa shape index (κ3) is 2.69. The SMILES string of the molecule is O=Ic1c(C(=O)O)cc(I)c(C(=O)O)c1I. The number of rotatable bonds is 3. The molecule has 1 aromatic carbocycles. The van der Waals surface area contributed by atoms with Gasteiger partial charge in [-0.2, -0.15) is 0 Å². The molecule has 0 radical (unpaired) electrons. The van der Waals surface area contributed by atoms with E-state index in [0.717, 1.165) is 0 Å². The maximum Gasteiger partial charge on any atom is 0.337 e. The molecule has 16 heavy (non-hydrogen) atoms. The molecular weight excluding hydrogens is 557 g/mol. The Bertz CT molecular complexity index is 497. The fourth-order valence-corrected chi connectivity index (χ4v) is 4.81. The summed E-state index contributed by atoms with van der Waals surface area (Å²) in [6, 6.07) is 1.24. The second-order valence-corrected chi connectivity index (χ2v) is 6.36. The summed E-state index contributed by atoms with van der Waals surface area (Å²) in [5.74, 6) is -2.34. The second-order valence-electron chi connectivity index (χ2n) is 2.60. The summed E-state index contributed by atoms with van der Waals surface area (Å²) in [5, 5.41) is 17.8. The van der Waals surface area contributed by atoms with Crippen molar-refractivity contribution in [2.24, 2.45) is 0 Å². The van der Waals surface area contributed by atoms with Gasteiger partial charge in [0.05, 0.1) is 14.7 Å². The van der Waals surface area contributed by atoms with Gasteiger partial charge in [-0.15, -0.1) is 0 Å². The minimum atomic E-state index is -1.73. The van der Waals surface area contributed by atoms with Crippen LogP contribution in [0, 0.1) is 10.7 Å². The van der Waals surface area contributed by atoms with Crippen molar-refractivity contribution in [1.82, 2.24) is 0 Å². The molecule has 0 heterocycles. The van der Waals surface area contributed by atoms with E-state index in [1.54, 1.807) is 45.2 Å². The average molecular weight is 560 g/mol. The van der Waals surface area contributed by atoms with Gasteiger partial charge in [0, 0.05) is 7.14 Å². The molecule has 0 saturated heterocycles. The number of hydrogen-bond acceptors (Lipinski definition) is 3. The molecule has 0 aliphatic heterocycles. The van der Waals surface area contributed by atoms with Crippen LogP contribution >= 0.6 is 66.4 Å². The minimum Gasteiger partial charge on any atom is -0.478 e. The van der Waals surface area contributed by atoms with Crippen LogP contribution in [0.4, 0.5) is 0 Å². The molecule has 0 spiro atoms. The standard InChI is InChI=1S/C8H3I3O5/c9-3-1-2(7(12)13)6(11-16)5(10)4(3)8(14)15/h1H,(H,12,13)(H,14,15). The van der Waals surface area contributed by atoms with E-state index < -0.39 is 33.1 Å². The zero-order chi connectivity index (χ0) is 12.5. The predicted octanol–water partition coefficient (Wildman–Crippen LogP) is 2.78. The fraction of sp³-hybridized carbons (Fsp3) is 0. The summed E-state index contributed by atoms with van der Waals surface area (Å²) >= 11 is 1.75. The molecule has 0 atom stereocenters. The summed E-state index contributed by atoms with van der Waals surface area (Å²) < 4.78 is 11.7. The van der Waals surface area contributed by atoms with Crippen molar-refractivity contribution in [2.45, 2.75) is 0 Å². The smallest absolute Gasteiger partial charge is 0.337 e. The van der Waals surface area contributed by atoms with E-state index in [4.69, 9.17) is 10.2 Å². The van der Waals surface area contributed by atoms with Crippen LogP contribution in [0.2, 0.25) is 0 Å². The first-order valence-electron chi connectivity index (χ1n) is 3.65. The molecule has 0 fully saturated rings. The van der Waals surface area contributed by atoms with Gasteiger partial charge in [-0.05, 0) is 51.2 Å². The Kier molecular flexibility index (Phi) is 5.03. The summed E-state index contributed by atoms with van der Waals surface area (Å²) in [5.41, 5.74) is -0.0710. The highest BCUT2D eigenvalue weighted by Gasteiger charge is 2.23. The first-order chi connectivity index (χ1) is 7.40. The van der Waals surface area contributed by atoms with Gasteiger partial charge in [0.15, 0.2) is 21.2 Å². The van der Waals surface area contributed by atoms with Crippen molar-refractivity contribution in [3.05, 3.63) is 27.9 Å². The maximum absolute atomic E-state index is 11.0. The molecular formula is C8H3I3O5. The number of carboxylic acids is 2. The number of halogens is 3. The van der Waals surface area contributed by atoms with Gasteiger partial charge >= 0.3 is 11.9 Å². The molecule has 5 nitrogen and oxygen atoms in total. The van der Waals surface area contributed by atoms with Crippen molar-refractivity contribution in [2.75, 3.05) is 0 Å². The monoisotopic (exact) mass is 560 g/mol. The molecule has 86 valence electrons. The molecule has 8 heteroatoms. The first-order valence-corrected chi connectivity index (χ1v) is 7.77. The van der Waals surface area contributed by atoms with Crippen LogP contribution in [0.3, 0.4) is 0 Å². The van der Waals surface area contributed by atoms with Crippen molar-refractivity contribution >= 4 is 78.3 Å². The van der Waals surface area contributed by atoms with Gasteiger partial charge in [-0.1, -0.05) is 0 Å². The van der Waals surface area contributed by atoms with E-state index >= 15 is 0 Å². The van der Waals surface area contributed by atoms with Crippen molar-refractivity contribution in [1.29, 1.82) is 0 Å². The molecule has 1 rings (SSSR count). The maximum atomic E-state index is 11.0. The van der Waals surface area contributed by atoms with E-state index in [2.05, 4.69) is 0 Å². The van der Waals surface area contributed by atoms with E-state index in [9.17, 15) is 12.7 Å². The topological polar surface area (TPSA) is 91.7 Å². The first kappa shape index (κ1) is 14.2. The Morgan fingerprint density at radius 2 is 1.75 bits per heavy atom. The average Bonchev–Trinajstić information content (AvgIpc) is 2.16. The van der Waals surface area contributed by atoms with Crippen molar-refractivity contribution in [3.8, 4) is 0 Å². The fourth-order valence-electron chi connectivity index (χ4n) is 1.02. The molecule has 2 N–H and O–H groups in total. The van der Waals surface area contributed by atoms with E-state index in [-0.39, 0.29) is 18.3 Å². The normalized spacial score (nSPS) is 10.1. The van der Waals surface area contributed by atoms with Crippen LogP contribution in [0.1, 0.15) is 20.7 Å². The minimum absolute atomic E-state index is 0.0109. The number of aromatic carboxylic acids is 2. The lowest BCUT2D eigenvalue weighted by molar-refractivity contribution is 0.0678. The third-order valence-corrected chi connectivity index (χ3v) is 6.20. The predicted molar refractivity (Wildman–Crippen MR) is 79.2 cm³/mol. The Morgan fingerprint density at radius 3 is 2.12 bits per heavy atom. The second kappa shape index (κ2) is 5.66. The molecule has 0 amide bonds. The lowest BCUT2D eigenvalue weighted by Gasteiger charge is -2.07. The molecule has 0 aliphatic carbocycles. The molecule has 0 saturated carbocycles. The highest BCUT2D eigenvalue weighted by Crippen LogP contribution is 2.29. The number of carbonyl (C=O) groups is 2. The van der Waals surface area contributed by atoms with Gasteiger partial charge in [0.1, 0.15) is 0 Å². The number of benzene rings is 1. The van der Waals surface area contributed by atoms with Crippen molar-refractivity contribution in [3.63, 3.8) is 0 Å². The van der Waals surface area contributed by atoms with Crippen LogP contribution in [0.15, 0.2) is 6.07 Å². The largest absolute Gasteiger partial charge is 0.478 e. The van der Waals surface area contributed by atoms with Crippen LogP contribution in [0.5, 0.6) is 0 Å². The van der Waals surface area contributed by atoms with Gasteiger partial charge in [0.25, 0.3) is 0 Å². The Morgan fingerprint density at radius 1 is 1.19 bits per heavy atom. The molecule has 0 bridgehead atoms. The lowest BCUT2D eigenvalue weighted by Crippen LogP contribution is -2.10. The van der Waals surface area contributed by atoms with Crippen LogP contribution in [0.25, 0.3) is 0 Å². The van der Waals surface area contributed by atoms with Crippen LogP contribution in [-0.4, -0.2) is 22.2 Å². The van der Waals surface area contributed by atoms with Gasteiger partial charge in [0.2, 0.25) is 0 Å².